The minimum absolute atomic E-state index is 0.206. The van der Waals surface area contributed by atoms with Crippen LogP contribution in [0, 0.1) is 0 Å². The van der Waals surface area contributed by atoms with Crippen LogP contribution in [-0.4, -0.2) is 36.3 Å². The van der Waals surface area contributed by atoms with E-state index in [1.165, 1.54) is 0 Å². The second kappa shape index (κ2) is 12.8. The lowest BCUT2D eigenvalue weighted by molar-refractivity contribution is -0.146. The first-order valence-corrected chi connectivity index (χ1v) is 10.0. The highest BCUT2D eigenvalue weighted by molar-refractivity contribution is 5.81. The summed E-state index contributed by atoms with van der Waals surface area (Å²) < 4.78 is 15.5. The molecule has 0 aliphatic carbocycles. The van der Waals surface area contributed by atoms with Crippen LogP contribution in [0.25, 0.3) is 0 Å². The molecule has 0 saturated heterocycles. The van der Waals surface area contributed by atoms with Crippen LogP contribution in [0.5, 0.6) is 0 Å². The van der Waals surface area contributed by atoms with Gasteiger partial charge in [0.15, 0.2) is 0 Å². The van der Waals surface area contributed by atoms with Gasteiger partial charge in [-0.25, -0.2) is 9.59 Å². The summed E-state index contributed by atoms with van der Waals surface area (Å²) in [6.45, 7) is 7.37. The largest absolute Gasteiger partial charge is 0.464 e. The van der Waals surface area contributed by atoms with Gasteiger partial charge in [0.1, 0.15) is 18.2 Å². The highest BCUT2D eigenvalue weighted by Crippen LogP contribution is 2.08. The Morgan fingerprint density at radius 1 is 0.966 bits per heavy atom. The number of alkyl carbamates (subject to hydrolysis) is 1. The molecule has 0 aromatic heterocycles. The van der Waals surface area contributed by atoms with Gasteiger partial charge in [-0.1, -0.05) is 43.2 Å². The van der Waals surface area contributed by atoms with E-state index in [1.807, 2.05) is 30.3 Å². The van der Waals surface area contributed by atoms with Gasteiger partial charge in [0.2, 0.25) is 0 Å². The number of carbonyl (C=O) groups is 3. The van der Waals surface area contributed by atoms with E-state index in [0.717, 1.165) is 24.8 Å². The van der Waals surface area contributed by atoms with Crippen LogP contribution < -0.4 is 5.32 Å². The zero-order valence-corrected chi connectivity index (χ0v) is 17.9. The first-order valence-electron chi connectivity index (χ1n) is 10.0. The molecule has 1 atom stereocenters. The maximum absolute atomic E-state index is 11.9. The summed E-state index contributed by atoms with van der Waals surface area (Å²) in [4.78, 5) is 35.2. The average molecular weight is 408 g/mol. The van der Waals surface area contributed by atoms with Crippen molar-refractivity contribution in [1.82, 2.24) is 5.32 Å². The molecule has 0 heterocycles. The molecule has 1 amide bonds. The molecular formula is C22H33NO6. The molecule has 1 rings (SSSR count). The molecule has 162 valence electrons. The van der Waals surface area contributed by atoms with Crippen LogP contribution in [0.15, 0.2) is 30.3 Å². The van der Waals surface area contributed by atoms with Crippen molar-refractivity contribution in [3.8, 4) is 0 Å². The Balaban J connectivity index is 2.03. The van der Waals surface area contributed by atoms with Gasteiger partial charge < -0.3 is 19.5 Å². The van der Waals surface area contributed by atoms with E-state index in [1.54, 1.807) is 27.7 Å². The molecule has 0 aliphatic rings. The highest BCUT2D eigenvalue weighted by atomic mass is 16.6. The molecule has 0 saturated carbocycles. The fourth-order valence-electron chi connectivity index (χ4n) is 2.38. The number of esters is 2. The maximum Gasteiger partial charge on any atom is 0.408 e. The van der Waals surface area contributed by atoms with Crippen molar-refractivity contribution in [3.05, 3.63) is 35.9 Å². The van der Waals surface area contributed by atoms with Gasteiger partial charge in [-0.05, 0) is 46.1 Å². The summed E-state index contributed by atoms with van der Waals surface area (Å²) in [5, 5.41) is 2.45. The Bertz CT molecular complexity index is 638. The van der Waals surface area contributed by atoms with Gasteiger partial charge in [0.25, 0.3) is 0 Å². The molecule has 7 nitrogen and oxygen atoms in total. The molecule has 0 spiro atoms. The second-order valence-corrected chi connectivity index (χ2v) is 7.85. The van der Waals surface area contributed by atoms with E-state index in [4.69, 9.17) is 14.2 Å². The number of carbonyl (C=O) groups excluding carboxylic acids is 3. The molecule has 7 heteroatoms. The topological polar surface area (TPSA) is 90.9 Å². The van der Waals surface area contributed by atoms with E-state index in [0.29, 0.717) is 19.4 Å². The quantitative estimate of drug-likeness (QED) is 0.337. The fourth-order valence-corrected chi connectivity index (χ4v) is 2.38. The minimum Gasteiger partial charge on any atom is -0.464 e. The van der Waals surface area contributed by atoms with Gasteiger partial charge in [-0.3, -0.25) is 4.79 Å². The number of nitrogens with one attached hydrogen (secondary N) is 1. The number of unbranched alkanes of at least 4 members (excludes halogenated alkanes) is 3. The lowest BCUT2D eigenvalue weighted by atomic mass is 10.1. The number of benzene rings is 1. The molecule has 29 heavy (non-hydrogen) atoms. The third-order valence-corrected chi connectivity index (χ3v) is 3.85. The summed E-state index contributed by atoms with van der Waals surface area (Å²) in [6.07, 6.45) is 2.85. The standard InChI is InChI=1S/C22H33NO6/c1-17(23-21(26)29-22(2,3)4)20(25)27-15-11-6-5-10-14-19(24)28-16-18-12-8-7-9-13-18/h7-9,12-13,17H,5-6,10-11,14-16H2,1-4H3,(H,23,26)/t17-/m0/s1. The van der Waals surface area contributed by atoms with Crippen LogP contribution in [-0.2, 0) is 30.4 Å². The van der Waals surface area contributed by atoms with Crippen LogP contribution in [0.3, 0.4) is 0 Å². The summed E-state index contributed by atoms with van der Waals surface area (Å²) >= 11 is 0. The molecule has 1 aromatic carbocycles. The van der Waals surface area contributed by atoms with Crippen LogP contribution in [0.1, 0.15) is 65.4 Å². The van der Waals surface area contributed by atoms with Gasteiger partial charge in [0, 0.05) is 6.42 Å². The highest BCUT2D eigenvalue weighted by Gasteiger charge is 2.21. The normalized spacial score (nSPS) is 12.0. The first kappa shape index (κ1) is 24.5. The Hall–Kier alpha value is -2.57. The van der Waals surface area contributed by atoms with Crippen LogP contribution in [0.2, 0.25) is 0 Å². The Morgan fingerprint density at radius 2 is 1.62 bits per heavy atom. The Kier molecular flexibility index (Phi) is 10.8. The van der Waals surface area contributed by atoms with Crippen molar-refractivity contribution < 1.29 is 28.6 Å². The van der Waals surface area contributed by atoms with Crippen molar-refractivity contribution in [3.63, 3.8) is 0 Å². The first-order chi connectivity index (χ1) is 13.7. The van der Waals surface area contributed by atoms with Gasteiger partial charge in [0.05, 0.1) is 6.61 Å². The van der Waals surface area contributed by atoms with E-state index in [9.17, 15) is 14.4 Å². The van der Waals surface area contributed by atoms with E-state index in [2.05, 4.69) is 5.32 Å². The van der Waals surface area contributed by atoms with Crippen LogP contribution >= 0.6 is 0 Å². The number of hydrogen-bond acceptors (Lipinski definition) is 6. The van der Waals surface area contributed by atoms with Crippen molar-refractivity contribution in [2.75, 3.05) is 6.61 Å². The predicted octanol–water partition coefficient (Wildman–Crippen LogP) is 4.14. The molecule has 0 aliphatic heterocycles. The number of rotatable bonds is 11. The molecule has 0 fully saturated rings. The van der Waals surface area contributed by atoms with Gasteiger partial charge in [-0.15, -0.1) is 0 Å². The monoisotopic (exact) mass is 407 g/mol. The zero-order valence-electron chi connectivity index (χ0n) is 17.9. The van der Waals surface area contributed by atoms with Gasteiger partial charge in [-0.2, -0.15) is 0 Å². The lowest BCUT2D eigenvalue weighted by Gasteiger charge is -2.21. The molecule has 0 bridgehead atoms. The zero-order chi connectivity index (χ0) is 21.7. The second-order valence-electron chi connectivity index (χ2n) is 7.85. The van der Waals surface area contributed by atoms with E-state index in [-0.39, 0.29) is 12.6 Å². The fraction of sp³-hybridized carbons (Fsp3) is 0.591. The third kappa shape index (κ3) is 12.5. The molecular weight excluding hydrogens is 374 g/mol. The van der Waals surface area contributed by atoms with Crippen molar-refractivity contribution in [2.45, 2.75) is 78.0 Å². The summed E-state index contributed by atoms with van der Waals surface area (Å²) in [5.74, 6) is -0.706. The van der Waals surface area contributed by atoms with E-state index >= 15 is 0 Å². The predicted molar refractivity (Wildman–Crippen MR) is 109 cm³/mol. The number of ether oxygens (including phenoxy) is 3. The minimum atomic E-state index is -0.774. The molecule has 0 unspecified atom stereocenters. The Morgan fingerprint density at radius 3 is 2.28 bits per heavy atom. The molecule has 1 N–H and O–H groups in total. The summed E-state index contributed by atoms with van der Waals surface area (Å²) in [6, 6.07) is 8.79. The van der Waals surface area contributed by atoms with Crippen molar-refractivity contribution in [1.29, 1.82) is 0 Å². The lowest BCUT2D eigenvalue weighted by Crippen LogP contribution is -2.42. The summed E-state index contributed by atoms with van der Waals surface area (Å²) in [7, 11) is 0. The average Bonchev–Trinajstić information content (AvgIpc) is 2.64. The SMILES string of the molecule is C[C@H](NC(=O)OC(C)(C)C)C(=O)OCCCCCCC(=O)OCc1ccccc1. The maximum atomic E-state index is 11.9. The molecule has 0 radical (unpaired) electrons. The van der Waals surface area contributed by atoms with Crippen LogP contribution in [0.4, 0.5) is 4.79 Å². The van der Waals surface area contributed by atoms with E-state index < -0.39 is 23.7 Å². The smallest absolute Gasteiger partial charge is 0.408 e. The van der Waals surface area contributed by atoms with Gasteiger partial charge >= 0.3 is 18.0 Å². The number of amides is 1. The third-order valence-electron chi connectivity index (χ3n) is 3.85. The number of hydrogen-bond donors (Lipinski definition) is 1. The van der Waals surface area contributed by atoms with Crippen molar-refractivity contribution >= 4 is 18.0 Å². The summed E-state index contributed by atoms with van der Waals surface area (Å²) in [5.41, 5.74) is 0.347. The van der Waals surface area contributed by atoms with Crippen molar-refractivity contribution in [2.24, 2.45) is 0 Å². The Labute approximate surface area is 173 Å². The molecule has 1 aromatic rings.